The summed E-state index contributed by atoms with van der Waals surface area (Å²) in [6, 6.07) is -0.284. The topological polar surface area (TPSA) is 76.4 Å². The lowest BCUT2D eigenvalue weighted by Crippen LogP contribution is -2.51. The molecule has 0 radical (unpaired) electrons. The van der Waals surface area contributed by atoms with E-state index >= 15 is 0 Å². The predicted molar refractivity (Wildman–Crippen MR) is 62.4 cm³/mol. The van der Waals surface area contributed by atoms with Crippen molar-refractivity contribution in [3.05, 3.63) is 24.3 Å². The van der Waals surface area contributed by atoms with Crippen molar-refractivity contribution in [2.45, 2.75) is 25.4 Å². The lowest BCUT2D eigenvalue weighted by Gasteiger charge is -2.28. The van der Waals surface area contributed by atoms with Gasteiger partial charge in [0.1, 0.15) is 6.04 Å². The van der Waals surface area contributed by atoms with Crippen LogP contribution in [0.1, 0.15) is 13.3 Å². The standard InChI is InChI=1S/C11H19N3O2/c1-3-5-16-14-9-6-8(4-2)10(11(12)15)13-7-9/h3,6,9-10,13-14H,1,4-5,7H2,2H3,(H2,12,15). The van der Waals surface area contributed by atoms with E-state index in [4.69, 9.17) is 10.6 Å². The van der Waals surface area contributed by atoms with E-state index in [1.165, 1.54) is 0 Å². The third kappa shape index (κ3) is 3.44. The second kappa shape index (κ2) is 6.42. The van der Waals surface area contributed by atoms with Crippen molar-refractivity contribution in [2.75, 3.05) is 13.2 Å². The second-order valence-electron chi connectivity index (χ2n) is 3.66. The Morgan fingerprint density at radius 2 is 2.62 bits per heavy atom. The van der Waals surface area contributed by atoms with Crippen molar-refractivity contribution in [1.82, 2.24) is 10.8 Å². The van der Waals surface area contributed by atoms with Gasteiger partial charge in [-0.15, -0.1) is 6.58 Å². The van der Waals surface area contributed by atoms with Crippen LogP contribution in [-0.4, -0.2) is 31.1 Å². The number of primary amides is 1. The van der Waals surface area contributed by atoms with E-state index in [1.54, 1.807) is 6.08 Å². The Morgan fingerprint density at radius 3 is 3.19 bits per heavy atom. The fourth-order valence-corrected chi connectivity index (χ4v) is 1.68. The molecule has 0 aromatic rings. The zero-order valence-corrected chi connectivity index (χ0v) is 9.53. The summed E-state index contributed by atoms with van der Waals surface area (Å²) in [5, 5.41) is 3.09. The molecule has 2 unspecified atom stereocenters. The average Bonchev–Trinajstić information content (AvgIpc) is 2.29. The maximum Gasteiger partial charge on any atom is 0.238 e. The lowest BCUT2D eigenvalue weighted by molar-refractivity contribution is -0.119. The molecule has 90 valence electrons. The van der Waals surface area contributed by atoms with Crippen molar-refractivity contribution in [3.8, 4) is 0 Å². The summed E-state index contributed by atoms with van der Waals surface area (Å²) >= 11 is 0. The maximum absolute atomic E-state index is 11.1. The van der Waals surface area contributed by atoms with E-state index in [0.29, 0.717) is 13.2 Å². The molecule has 4 N–H and O–H groups in total. The van der Waals surface area contributed by atoms with Crippen LogP contribution in [0, 0.1) is 0 Å². The van der Waals surface area contributed by atoms with Crippen LogP contribution in [0.4, 0.5) is 0 Å². The number of amides is 1. The highest BCUT2D eigenvalue weighted by atomic mass is 16.6. The fraction of sp³-hybridized carbons (Fsp3) is 0.545. The van der Waals surface area contributed by atoms with Crippen molar-refractivity contribution >= 4 is 5.91 Å². The molecule has 0 aliphatic carbocycles. The van der Waals surface area contributed by atoms with E-state index in [2.05, 4.69) is 17.4 Å². The van der Waals surface area contributed by atoms with Crippen LogP contribution in [0.15, 0.2) is 24.3 Å². The van der Waals surface area contributed by atoms with Crippen LogP contribution in [0.25, 0.3) is 0 Å². The Balaban J connectivity index is 2.55. The van der Waals surface area contributed by atoms with Gasteiger partial charge in [0.2, 0.25) is 5.91 Å². The van der Waals surface area contributed by atoms with Gasteiger partial charge in [-0.2, -0.15) is 5.48 Å². The second-order valence-corrected chi connectivity index (χ2v) is 3.66. The van der Waals surface area contributed by atoms with Crippen LogP contribution in [0.3, 0.4) is 0 Å². The fourth-order valence-electron chi connectivity index (χ4n) is 1.68. The molecule has 2 atom stereocenters. The van der Waals surface area contributed by atoms with Gasteiger partial charge in [0.15, 0.2) is 0 Å². The number of nitrogens with one attached hydrogen (secondary N) is 2. The number of rotatable bonds is 6. The molecule has 0 fully saturated rings. The van der Waals surface area contributed by atoms with Crippen LogP contribution in [-0.2, 0) is 9.63 Å². The normalized spacial score (nSPS) is 24.9. The first kappa shape index (κ1) is 12.9. The minimum absolute atomic E-state index is 0.0606. The molecule has 1 amide bonds. The zero-order chi connectivity index (χ0) is 12.0. The van der Waals surface area contributed by atoms with Gasteiger partial charge in [-0.1, -0.05) is 19.1 Å². The number of carbonyl (C=O) groups is 1. The Hall–Kier alpha value is -1.17. The molecule has 0 saturated carbocycles. The highest BCUT2D eigenvalue weighted by Gasteiger charge is 2.25. The van der Waals surface area contributed by atoms with Crippen molar-refractivity contribution in [2.24, 2.45) is 5.73 Å². The molecule has 1 heterocycles. The van der Waals surface area contributed by atoms with E-state index in [-0.39, 0.29) is 18.0 Å². The van der Waals surface area contributed by atoms with Crippen LogP contribution in [0.2, 0.25) is 0 Å². The first-order valence-corrected chi connectivity index (χ1v) is 5.40. The molecule has 5 nitrogen and oxygen atoms in total. The minimum atomic E-state index is -0.345. The Bertz CT molecular complexity index is 289. The van der Waals surface area contributed by atoms with Crippen molar-refractivity contribution in [1.29, 1.82) is 0 Å². The summed E-state index contributed by atoms with van der Waals surface area (Å²) in [7, 11) is 0. The summed E-state index contributed by atoms with van der Waals surface area (Å²) < 4.78 is 0. The summed E-state index contributed by atoms with van der Waals surface area (Å²) in [5.41, 5.74) is 9.18. The minimum Gasteiger partial charge on any atom is -0.368 e. The van der Waals surface area contributed by atoms with E-state index in [1.807, 2.05) is 13.0 Å². The third-order valence-corrected chi connectivity index (χ3v) is 2.46. The highest BCUT2D eigenvalue weighted by molar-refractivity contribution is 5.83. The van der Waals surface area contributed by atoms with Gasteiger partial charge in [0.25, 0.3) is 0 Å². The monoisotopic (exact) mass is 225 g/mol. The zero-order valence-electron chi connectivity index (χ0n) is 9.53. The first-order valence-electron chi connectivity index (χ1n) is 5.40. The summed E-state index contributed by atoms with van der Waals surface area (Å²) in [6.07, 6.45) is 4.45. The SMILES string of the molecule is C=CCONC1C=C(CC)C(C(N)=O)NC1. The van der Waals surface area contributed by atoms with Gasteiger partial charge in [0, 0.05) is 6.54 Å². The number of hydroxylamine groups is 1. The van der Waals surface area contributed by atoms with E-state index < -0.39 is 0 Å². The van der Waals surface area contributed by atoms with Crippen LogP contribution >= 0.6 is 0 Å². The van der Waals surface area contributed by atoms with Crippen LogP contribution in [0.5, 0.6) is 0 Å². The smallest absolute Gasteiger partial charge is 0.238 e. The molecule has 0 aromatic heterocycles. The predicted octanol–water partition coefficient (Wildman–Crippen LogP) is -0.144. The summed E-state index contributed by atoms with van der Waals surface area (Å²) in [5.74, 6) is -0.335. The average molecular weight is 225 g/mol. The van der Waals surface area contributed by atoms with Gasteiger partial charge in [0.05, 0.1) is 12.6 Å². The molecule has 16 heavy (non-hydrogen) atoms. The molecule has 1 rings (SSSR count). The molecule has 0 spiro atoms. The summed E-state index contributed by atoms with van der Waals surface area (Å²) in [4.78, 5) is 16.3. The maximum atomic E-state index is 11.1. The highest BCUT2D eigenvalue weighted by Crippen LogP contribution is 2.12. The van der Waals surface area contributed by atoms with Gasteiger partial charge in [-0.25, -0.2) is 0 Å². The first-order chi connectivity index (χ1) is 7.69. The Kier molecular flexibility index (Phi) is 5.18. The number of carbonyl (C=O) groups excluding carboxylic acids is 1. The molecule has 5 heteroatoms. The molecule has 1 aliphatic rings. The van der Waals surface area contributed by atoms with Gasteiger partial charge in [-0.3, -0.25) is 9.63 Å². The number of hydrogen-bond donors (Lipinski definition) is 3. The quantitative estimate of drug-likeness (QED) is 0.334. The molecule has 1 aliphatic heterocycles. The lowest BCUT2D eigenvalue weighted by atomic mass is 9.97. The van der Waals surface area contributed by atoms with Crippen LogP contribution < -0.4 is 16.5 Å². The molecule has 0 saturated heterocycles. The molecular formula is C11H19N3O2. The van der Waals surface area contributed by atoms with Gasteiger partial charge in [-0.05, 0) is 12.0 Å². The molecule has 0 aromatic carbocycles. The van der Waals surface area contributed by atoms with Gasteiger partial charge < -0.3 is 11.1 Å². The van der Waals surface area contributed by atoms with E-state index in [9.17, 15) is 4.79 Å². The number of hydrogen-bond acceptors (Lipinski definition) is 4. The largest absolute Gasteiger partial charge is 0.368 e. The van der Waals surface area contributed by atoms with Crippen molar-refractivity contribution in [3.63, 3.8) is 0 Å². The van der Waals surface area contributed by atoms with Crippen molar-refractivity contribution < 1.29 is 9.63 Å². The molecular weight excluding hydrogens is 206 g/mol. The Morgan fingerprint density at radius 1 is 1.88 bits per heavy atom. The van der Waals surface area contributed by atoms with E-state index in [0.717, 1.165) is 12.0 Å². The van der Waals surface area contributed by atoms with Gasteiger partial charge >= 0.3 is 0 Å². The summed E-state index contributed by atoms with van der Waals surface area (Å²) in [6.45, 7) is 6.62. The Labute approximate surface area is 95.7 Å². The third-order valence-electron chi connectivity index (χ3n) is 2.46. The molecule has 0 bridgehead atoms. The number of nitrogens with two attached hydrogens (primary N) is 1.